The van der Waals surface area contributed by atoms with Crippen molar-refractivity contribution in [1.82, 2.24) is 15.5 Å². The van der Waals surface area contributed by atoms with E-state index in [0.717, 1.165) is 5.56 Å². The van der Waals surface area contributed by atoms with Crippen LogP contribution in [0.15, 0.2) is 58.9 Å². The van der Waals surface area contributed by atoms with Gasteiger partial charge in [0.2, 0.25) is 11.0 Å². The molecule has 138 valence electrons. The van der Waals surface area contributed by atoms with Crippen molar-refractivity contribution < 1.29 is 9.59 Å². The van der Waals surface area contributed by atoms with Gasteiger partial charge in [-0.25, -0.2) is 0 Å². The zero-order valence-electron chi connectivity index (χ0n) is 14.2. The van der Waals surface area contributed by atoms with Crippen LogP contribution in [0, 0.1) is 0 Å². The van der Waals surface area contributed by atoms with E-state index in [4.69, 9.17) is 5.73 Å². The van der Waals surface area contributed by atoms with Crippen molar-refractivity contribution in [2.45, 2.75) is 10.9 Å². The molecule has 0 aliphatic carbocycles. The van der Waals surface area contributed by atoms with Gasteiger partial charge in [-0.3, -0.25) is 9.59 Å². The molecule has 1 heterocycles. The second kappa shape index (κ2) is 9.15. The van der Waals surface area contributed by atoms with Gasteiger partial charge >= 0.3 is 0 Å². The number of amides is 2. The number of nitrogens with one attached hydrogen (secondary N) is 2. The van der Waals surface area contributed by atoms with Crippen LogP contribution < -0.4 is 16.4 Å². The Morgan fingerprint density at radius 2 is 1.78 bits per heavy atom. The van der Waals surface area contributed by atoms with Crippen molar-refractivity contribution in [3.63, 3.8) is 0 Å². The number of anilines is 2. The Hall–Kier alpha value is -2.91. The topological polar surface area (TPSA) is 110 Å². The van der Waals surface area contributed by atoms with E-state index in [2.05, 4.69) is 20.8 Å². The maximum Gasteiger partial charge on any atom is 0.253 e. The molecule has 4 N–H and O–H groups in total. The van der Waals surface area contributed by atoms with E-state index in [1.54, 1.807) is 24.3 Å². The maximum atomic E-state index is 12.5. The number of hydrogen-bond donors (Lipinski definition) is 3. The monoisotopic (exact) mass is 399 g/mol. The summed E-state index contributed by atoms with van der Waals surface area (Å²) in [6, 6.07) is 16.5. The zero-order valence-corrected chi connectivity index (χ0v) is 15.8. The number of benzene rings is 2. The van der Waals surface area contributed by atoms with Crippen LogP contribution in [0.2, 0.25) is 0 Å². The quantitative estimate of drug-likeness (QED) is 0.527. The van der Waals surface area contributed by atoms with Crippen molar-refractivity contribution >= 4 is 45.7 Å². The molecule has 0 bridgehead atoms. The Morgan fingerprint density at radius 3 is 2.52 bits per heavy atom. The number of carbonyl (C=O) groups excluding carboxylic acids is 2. The van der Waals surface area contributed by atoms with Crippen LogP contribution in [-0.2, 0) is 11.3 Å². The third-order valence-electron chi connectivity index (χ3n) is 3.49. The minimum Gasteiger partial charge on any atom is -0.374 e. The summed E-state index contributed by atoms with van der Waals surface area (Å²) >= 11 is 2.47. The Balaban J connectivity index is 1.59. The summed E-state index contributed by atoms with van der Waals surface area (Å²) in [6.07, 6.45) is 0. The first kappa shape index (κ1) is 18.9. The molecular formula is C18H17N5O2S2. The van der Waals surface area contributed by atoms with Crippen LogP contribution in [-0.4, -0.2) is 27.8 Å². The molecule has 0 fully saturated rings. The lowest BCUT2D eigenvalue weighted by molar-refractivity contribution is -0.113. The molecule has 0 saturated carbocycles. The van der Waals surface area contributed by atoms with E-state index in [1.165, 1.54) is 23.1 Å². The van der Waals surface area contributed by atoms with Gasteiger partial charge in [0.05, 0.1) is 17.0 Å². The van der Waals surface area contributed by atoms with E-state index in [0.29, 0.717) is 27.3 Å². The third kappa shape index (κ3) is 5.53. The molecule has 0 saturated heterocycles. The van der Waals surface area contributed by atoms with Gasteiger partial charge in [-0.2, -0.15) is 0 Å². The Labute approximate surface area is 164 Å². The highest BCUT2D eigenvalue weighted by atomic mass is 32.2. The number of para-hydroxylation sites is 1. The van der Waals surface area contributed by atoms with E-state index >= 15 is 0 Å². The number of nitrogens with two attached hydrogens (primary N) is 1. The van der Waals surface area contributed by atoms with E-state index in [9.17, 15) is 9.59 Å². The summed E-state index contributed by atoms with van der Waals surface area (Å²) in [5.74, 6) is -0.342. The van der Waals surface area contributed by atoms with Crippen LogP contribution in [0.1, 0.15) is 15.9 Å². The van der Waals surface area contributed by atoms with Crippen molar-refractivity contribution in [3.05, 3.63) is 65.7 Å². The second-order valence-electron chi connectivity index (χ2n) is 5.46. The van der Waals surface area contributed by atoms with Gasteiger partial charge < -0.3 is 16.4 Å². The minimum atomic E-state index is -0.251. The number of thioether (sulfide) groups is 1. The SMILES string of the molecule is Nc1nnc(SCC(=O)Nc2ccccc2C(=O)NCc2ccccc2)s1. The predicted octanol–water partition coefficient (Wildman–Crippen LogP) is 2.78. The molecule has 9 heteroatoms. The molecule has 27 heavy (non-hydrogen) atoms. The van der Waals surface area contributed by atoms with Gasteiger partial charge in [-0.1, -0.05) is 65.6 Å². The molecule has 0 unspecified atom stereocenters. The lowest BCUT2D eigenvalue weighted by Crippen LogP contribution is -2.25. The standard InChI is InChI=1S/C18H17N5O2S2/c19-17-22-23-18(27-17)26-11-15(24)21-14-9-5-4-8-13(14)16(25)20-10-12-6-2-1-3-7-12/h1-9H,10-11H2,(H2,19,22)(H,20,25)(H,21,24). The highest BCUT2D eigenvalue weighted by molar-refractivity contribution is 8.01. The summed E-state index contributed by atoms with van der Waals surface area (Å²) in [6.45, 7) is 0.413. The van der Waals surface area contributed by atoms with E-state index < -0.39 is 0 Å². The fraction of sp³-hybridized carbons (Fsp3) is 0.111. The smallest absolute Gasteiger partial charge is 0.253 e. The minimum absolute atomic E-state index is 0.147. The van der Waals surface area contributed by atoms with Crippen LogP contribution in [0.4, 0.5) is 10.8 Å². The van der Waals surface area contributed by atoms with Crippen molar-refractivity contribution in [2.75, 3.05) is 16.8 Å². The lowest BCUT2D eigenvalue weighted by Gasteiger charge is -2.11. The molecule has 0 aliphatic rings. The number of nitrogen functional groups attached to an aromatic ring is 1. The molecule has 7 nitrogen and oxygen atoms in total. The fourth-order valence-electron chi connectivity index (χ4n) is 2.26. The molecule has 2 amide bonds. The summed E-state index contributed by atoms with van der Waals surface area (Å²) in [4.78, 5) is 24.7. The molecule has 3 aromatic rings. The van der Waals surface area contributed by atoms with Crippen molar-refractivity contribution in [1.29, 1.82) is 0 Å². The largest absolute Gasteiger partial charge is 0.374 e. The molecule has 0 aliphatic heterocycles. The number of aromatic nitrogens is 2. The Bertz CT molecular complexity index is 930. The summed E-state index contributed by atoms with van der Waals surface area (Å²) in [5, 5.41) is 13.6. The van der Waals surface area contributed by atoms with Gasteiger partial charge in [-0.05, 0) is 17.7 Å². The molecule has 0 radical (unpaired) electrons. The number of carbonyl (C=O) groups is 2. The first-order valence-electron chi connectivity index (χ1n) is 8.04. The number of hydrogen-bond acceptors (Lipinski definition) is 7. The van der Waals surface area contributed by atoms with Gasteiger partial charge in [-0.15, -0.1) is 10.2 Å². The third-order valence-corrected chi connectivity index (χ3v) is 5.38. The molecule has 0 spiro atoms. The van der Waals surface area contributed by atoms with Crippen molar-refractivity contribution in [2.24, 2.45) is 0 Å². The number of nitrogens with zero attached hydrogens (tertiary/aromatic N) is 2. The maximum absolute atomic E-state index is 12.5. The molecule has 3 rings (SSSR count). The molecule has 2 aromatic carbocycles. The lowest BCUT2D eigenvalue weighted by atomic mass is 10.1. The van der Waals surface area contributed by atoms with Gasteiger partial charge in [0.15, 0.2) is 4.34 Å². The molecule has 1 aromatic heterocycles. The van der Waals surface area contributed by atoms with E-state index in [1.807, 2.05) is 30.3 Å². The highest BCUT2D eigenvalue weighted by Gasteiger charge is 2.14. The van der Waals surface area contributed by atoms with E-state index in [-0.39, 0.29) is 17.6 Å². The Morgan fingerprint density at radius 1 is 1.04 bits per heavy atom. The average Bonchev–Trinajstić information content (AvgIpc) is 3.11. The van der Waals surface area contributed by atoms with Gasteiger partial charge in [0.1, 0.15) is 0 Å². The normalized spacial score (nSPS) is 10.4. The summed E-state index contributed by atoms with van der Waals surface area (Å²) in [5.41, 5.74) is 7.39. The van der Waals surface area contributed by atoms with Crippen LogP contribution in [0.25, 0.3) is 0 Å². The summed E-state index contributed by atoms with van der Waals surface area (Å²) in [7, 11) is 0. The summed E-state index contributed by atoms with van der Waals surface area (Å²) < 4.78 is 0.622. The first-order chi connectivity index (χ1) is 13.1. The second-order valence-corrected chi connectivity index (χ2v) is 7.69. The zero-order chi connectivity index (χ0) is 19.1. The van der Waals surface area contributed by atoms with Crippen LogP contribution in [0.3, 0.4) is 0 Å². The van der Waals surface area contributed by atoms with Gasteiger partial charge in [0.25, 0.3) is 5.91 Å². The van der Waals surface area contributed by atoms with Crippen molar-refractivity contribution in [3.8, 4) is 0 Å². The highest BCUT2D eigenvalue weighted by Crippen LogP contribution is 2.24. The molecular weight excluding hydrogens is 382 g/mol. The first-order valence-corrected chi connectivity index (χ1v) is 9.85. The number of rotatable bonds is 7. The fourth-order valence-corrected chi connectivity index (χ4v) is 3.69. The molecule has 0 atom stereocenters. The average molecular weight is 400 g/mol. The van der Waals surface area contributed by atoms with Crippen LogP contribution in [0.5, 0.6) is 0 Å². The van der Waals surface area contributed by atoms with Gasteiger partial charge in [0, 0.05) is 6.54 Å². The Kier molecular flexibility index (Phi) is 6.39. The van der Waals surface area contributed by atoms with Crippen LogP contribution >= 0.6 is 23.1 Å². The predicted molar refractivity (Wildman–Crippen MR) is 108 cm³/mol.